The van der Waals surface area contributed by atoms with Crippen molar-refractivity contribution in [1.29, 1.82) is 0 Å². The molecule has 0 radical (unpaired) electrons. The van der Waals surface area contributed by atoms with E-state index in [1.807, 2.05) is 0 Å². The minimum Gasteiger partial charge on any atom is -0.462 e. The maximum Gasteiger partial charge on any atom is 0.331 e. The molecule has 152 valence electrons. The van der Waals surface area contributed by atoms with Gasteiger partial charge in [-0.25, -0.2) is 4.79 Å². The van der Waals surface area contributed by atoms with Crippen LogP contribution < -0.4 is 0 Å². The van der Waals surface area contributed by atoms with Gasteiger partial charge in [-0.1, -0.05) is 0 Å². The SMILES string of the molecule is CC1OC(=O)CC1C1(C)CC(C2(C)CC(C3(C)C=CC(=O)O3)C(=O)O2)C(=O)O1. The monoisotopic (exact) mass is 392 g/mol. The van der Waals surface area contributed by atoms with Gasteiger partial charge in [-0.05, 0) is 33.8 Å². The van der Waals surface area contributed by atoms with Crippen LogP contribution >= 0.6 is 0 Å². The zero-order chi connectivity index (χ0) is 20.5. The fourth-order valence-corrected chi connectivity index (χ4v) is 5.11. The van der Waals surface area contributed by atoms with Gasteiger partial charge < -0.3 is 18.9 Å². The van der Waals surface area contributed by atoms with Gasteiger partial charge in [0.15, 0.2) is 0 Å². The summed E-state index contributed by atoms with van der Waals surface area (Å²) in [7, 11) is 0. The van der Waals surface area contributed by atoms with Gasteiger partial charge in [-0.15, -0.1) is 0 Å². The summed E-state index contributed by atoms with van der Waals surface area (Å²) in [6.45, 7) is 6.96. The first-order valence-electron chi connectivity index (χ1n) is 9.53. The third-order valence-corrected chi connectivity index (χ3v) is 6.81. The molecule has 7 unspecified atom stereocenters. The first-order valence-corrected chi connectivity index (χ1v) is 9.53. The minimum atomic E-state index is -1.09. The number of carbonyl (C=O) groups is 4. The molecule has 4 rings (SSSR count). The van der Waals surface area contributed by atoms with Gasteiger partial charge in [0.2, 0.25) is 0 Å². The van der Waals surface area contributed by atoms with Crippen LogP contribution in [0.15, 0.2) is 12.2 Å². The molecule has 0 bridgehead atoms. The van der Waals surface area contributed by atoms with E-state index in [4.69, 9.17) is 18.9 Å². The quantitative estimate of drug-likeness (QED) is 0.525. The summed E-state index contributed by atoms with van der Waals surface area (Å²) < 4.78 is 21.9. The summed E-state index contributed by atoms with van der Waals surface area (Å²) in [6.07, 6.45) is 3.24. The number of esters is 4. The normalized spacial score (nSPS) is 47.9. The molecule has 0 aromatic rings. The van der Waals surface area contributed by atoms with Gasteiger partial charge in [0.1, 0.15) is 34.7 Å². The molecule has 0 saturated carbocycles. The summed E-state index contributed by atoms with van der Waals surface area (Å²) in [5.41, 5.74) is -3.03. The third-order valence-electron chi connectivity index (χ3n) is 6.81. The molecule has 0 spiro atoms. The lowest BCUT2D eigenvalue weighted by Crippen LogP contribution is -2.41. The zero-order valence-corrected chi connectivity index (χ0v) is 16.4. The predicted octanol–water partition coefficient (Wildman–Crippen LogP) is 1.45. The van der Waals surface area contributed by atoms with E-state index in [2.05, 4.69) is 0 Å². The van der Waals surface area contributed by atoms with Crippen molar-refractivity contribution in [3.8, 4) is 0 Å². The molecule has 0 aromatic heterocycles. The lowest BCUT2D eigenvalue weighted by molar-refractivity contribution is -0.163. The van der Waals surface area contributed by atoms with Crippen molar-refractivity contribution in [2.24, 2.45) is 17.8 Å². The lowest BCUT2D eigenvalue weighted by Gasteiger charge is -2.32. The Balaban J connectivity index is 1.55. The minimum absolute atomic E-state index is 0.190. The van der Waals surface area contributed by atoms with Crippen LogP contribution in [-0.2, 0) is 38.1 Å². The molecule has 4 aliphatic heterocycles. The van der Waals surface area contributed by atoms with Crippen LogP contribution in [0.1, 0.15) is 47.0 Å². The van der Waals surface area contributed by atoms with E-state index in [9.17, 15) is 19.2 Å². The summed E-state index contributed by atoms with van der Waals surface area (Å²) >= 11 is 0. The molecule has 28 heavy (non-hydrogen) atoms. The highest BCUT2D eigenvalue weighted by molar-refractivity contribution is 5.88. The molecule has 0 amide bonds. The Morgan fingerprint density at radius 3 is 2.07 bits per heavy atom. The summed E-state index contributed by atoms with van der Waals surface area (Å²) in [4.78, 5) is 48.5. The molecule has 8 nitrogen and oxygen atoms in total. The molecule has 4 aliphatic rings. The van der Waals surface area contributed by atoms with Gasteiger partial charge in [0.05, 0.1) is 6.42 Å². The van der Waals surface area contributed by atoms with E-state index in [0.717, 1.165) is 0 Å². The number of rotatable bonds is 3. The van der Waals surface area contributed by atoms with E-state index in [0.29, 0.717) is 6.42 Å². The van der Waals surface area contributed by atoms with Gasteiger partial charge in [-0.3, -0.25) is 14.4 Å². The molecule has 0 N–H and O–H groups in total. The number of hydrogen-bond donors (Lipinski definition) is 0. The Hall–Kier alpha value is -2.38. The average molecular weight is 392 g/mol. The van der Waals surface area contributed by atoms with Crippen molar-refractivity contribution in [2.45, 2.75) is 69.9 Å². The topological polar surface area (TPSA) is 105 Å². The van der Waals surface area contributed by atoms with Crippen LogP contribution in [0, 0.1) is 17.8 Å². The maximum absolute atomic E-state index is 12.8. The fourth-order valence-electron chi connectivity index (χ4n) is 5.11. The predicted molar refractivity (Wildman–Crippen MR) is 92.5 cm³/mol. The number of carbonyl (C=O) groups excluding carboxylic acids is 4. The second kappa shape index (κ2) is 5.81. The average Bonchev–Trinajstić information content (AvgIpc) is 3.28. The van der Waals surface area contributed by atoms with Crippen LogP contribution in [0.25, 0.3) is 0 Å². The highest BCUT2D eigenvalue weighted by atomic mass is 16.6. The van der Waals surface area contributed by atoms with Gasteiger partial charge >= 0.3 is 23.9 Å². The highest BCUT2D eigenvalue weighted by Gasteiger charge is 2.63. The molecule has 3 saturated heterocycles. The molecular weight excluding hydrogens is 368 g/mol. The summed E-state index contributed by atoms with van der Waals surface area (Å²) in [5, 5.41) is 0. The van der Waals surface area contributed by atoms with E-state index in [-0.39, 0.29) is 30.8 Å². The van der Waals surface area contributed by atoms with Crippen molar-refractivity contribution in [1.82, 2.24) is 0 Å². The molecule has 0 aromatic carbocycles. The molecule has 4 heterocycles. The lowest BCUT2D eigenvalue weighted by atomic mass is 9.73. The molecule has 8 heteroatoms. The molecule has 3 fully saturated rings. The van der Waals surface area contributed by atoms with Crippen LogP contribution in [0.2, 0.25) is 0 Å². The van der Waals surface area contributed by atoms with Crippen molar-refractivity contribution in [3.05, 3.63) is 12.2 Å². The second-order valence-electron chi connectivity index (χ2n) is 8.92. The Morgan fingerprint density at radius 1 is 0.893 bits per heavy atom. The van der Waals surface area contributed by atoms with Crippen molar-refractivity contribution in [2.75, 3.05) is 0 Å². The van der Waals surface area contributed by atoms with Gasteiger partial charge in [0, 0.05) is 24.8 Å². The van der Waals surface area contributed by atoms with Gasteiger partial charge in [0.25, 0.3) is 0 Å². The Kier molecular flexibility index (Phi) is 3.93. The van der Waals surface area contributed by atoms with Gasteiger partial charge in [-0.2, -0.15) is 0 Å². The summed E-state index contributed by atoms with van der Waals surface area (Å²) in [5.74, 6) is -3.38. The Morgan fingerprint density at radius 2 is 1.50 bits per heavy atom. The Bertz CT molecular complexity index is 802. The van der Waals surface area contributed by atoms with E-state index in [1.165, 1.54) is 6.08 Å². The smallest absolute Gasteiger partial charge is 0.331 e. The van der Waals surface area contributed by atoms with Crippen molar-refractivity contribution < 1.29 is 38.1 Å². The first-order chi connectivity index (χ1) is 13.0. The molecule has 0 aliphatic carbocycles. The number of ether oxygens (including phenoxy) is 4. The van der Waals surface area contributed by atoms with Crippen LogP contribution in [0.3, 0.4) is 0 Å². The molecule has 7 atom stereocenters. The first kappa shape index (κ1) is 19.0. The zero-order valence-electron chi connectivity index (χ0n) is 16.4. The van der Waals surface area contributed by atoms with E-state index < -0.39 is 46.5 Å². The summed E-state index contributed by atoms with van der Waals surface area (Å²) in [6, 6.07) is 0. The van der Waals surface area contributed by atoms with Crippen LogP contribution in [-0.4, -0.2) is 46.8 Å². The number of cyclic esters (lactones) is 4. The fraction of sp³-hybridized carbons (Fsp3) is 0.700. The van der Waals surface area contributed by atoms with Crippen LogP contribution in [0.5, 0.6) is 0 Å². The molecular formula is C20H24O8. The van der Waals surface area contributed by atoms with E-state index >= 15 is 0 Å². The maximum atomic E-state index is 12.8. The highest BCUT2D eigenvalue weighted by Crippen LogP contribution is 2.52. The Labute approximate surface area is 162 Å². The standard InChI is InChI=1S/C20H24O8/c1-10-11(7-15(22)25-10)19(3)9-13(17(24)27-19)20(4)8-12(16(23)28-20)18(2)6-5-14(21)26-18/h5-6,10-13H,7-9H2,1-4H3. The second-order valence-corrected chi connectivity index (χ2v) is 8.92. The van der Waals surface area contributed by atoms with Crippen LogP contribution in [0.4, 0.5) is 0 Å². The number of hydrogen-bond acceptors (Lipinski definition) is 8. The van der Waals surface area contributed by atoms with E-state index in [1.54, 1.807) is 33.8 Å². The van der Waals surface area contributed by atoms with Crippen molar-refractivity contribution in [3.63, 3.8) is 0 Å². The van der Waals surface area contributed by atoms with Crippen molar-refractivity contribution >= 4 is 23.9 Å². The third kappa shape index (κ3) is 2.72. The largest absolute Gasteiger partial charge is 0.462 e.